The van der Waals surface area contributed by atoms with Gasteiger partial charge in [-0.25, -0.2) is 14.4 Å². The van der Waals surface area contributed by atoms with E-state index in [1.54, 1.807) is 19.2 Å². The predicted octanol–water partition coefficient (Wildman–Crippen LogP) is 3.32. The fourth-order valence-corrected chi connectivity index (χ4v) is 3.68. The number of hydrogen-bond acceptors (Lipinski definition) is 5. The molecule has 1 saturated carbocycles. The lowest BCUT2D eigenvalue weighted by molar-refractivity contribution is -0.117. The van der Waals surface area contributed by atoms with E-state index >= 15 is 0 Å². The Labute approximate surface area is 158 Å². The van der Waals surface area contributed by atoms with Gasteiger partial charge in [-0.2, -0.15) is 0 Å². The molecule has 4 rings (SSSR count). The van der Waals surface area contributed by atoms with E-state index in [1.165, 1.54) is 11.3 Å². The standard InChI is InChI=1S/C19H17FN4O2S/c1-9-3-4-10(16(25)21-2)7-11(9)14-5-6-15-18(22-14)27-19(23-15)24-17(26)12-8-13(12)20/h3-7,12-13H,8H2,1-2H3,(H,21,25)(H,23,24,26)/t12-,13+/m1/s1. The molecule has 2 atom stereocenters. The minimum atomic E-state index is -1.04. The number of nitrogens with zero attached hydrogens (tertiary/aromatic N) is 2. The molecule has 1 fully saturated rings. The van der Waals surface area contributed by atoms with Crippen LogP contribution in [0.1, 0.15) is 22.3 Å². The van der Waals surface area contributed by atoms with Crippen molar-refractivity contribution in [1.82, 2.24) is 15.3 Å². The molecule has 2 amide bonds. The van der Waals surface area contributed by atoms with E-state index in [1.807, 2.05) is 25.1 Å². The second-order valence-corrected chi connectivity index (χ2v) is 7.47. The fourth-order valence-electron chi connectivity index (χ4n) is 2.84. The van der Waals surface area contributed by atoms with Crippen LogP contribution in [-0.4, -0.2) is 35.0 Å². The van der Waals surface area contributed by atoms with Crippen LogP contribution >= 0.6 is 11.3 Å². The van der Waals surface area contributed by atoms with Gasteiger partial charge in [0, 0.05) is 18.2 Å². The van der Waals surface area contributed by atoms with Crippen LogP contribution in [0.5, 0.6) is 0 Å². The van der Waals surface area contributed by atoms with E-state index < -0.39 is 12.1 Å². The number of aromatic nitrogens is 2. The first-order valence-electron chi connectivity index (χ1n) is 8.52. The molecule has 8 heteroatoms. The Morgan fingerprint density at radius 1 is 1.22 bits per heavy atom. The van der Waals surface area contributed by atoms with Crippen LogP contribution in [0.25, 0.3) is 21.6 Å². The molecule has 2 N–H and O–H groups in total. The Kier molecular flexibility index (Phi) is 4.35. The normalized spacial score (nSPS) is 18.3. The molecule has 0 radical (unpaired) electrons. The number of halogens is 1. The molecule has 2 aromatic heterocycles. The first kappa shape index (κ1) is 17.5. The summed E-state index contributed by atoms with van der Waals surface area (Å²) in [7, 11) is 1.59. The topological polar surface area (TPSA) is 84.0 Å². The van der Waals surface area contributed by atoms with Crippen LogP contribution in [0.2, 0.25) is 0 Å². The van der Waals surface area contributed by atoms with Crippen LogP contribution in [-0.2, 0) is 4.79 Å². The van der Waals surface area contributed by atoms with Gasteiger partial charge in [-0.15, -0.1) is 0 Å². The van der Waals surface area contributed by atoms with Gasteiger partial charge in [0.05, 0.1) is 11.6 Å². The molecule has 6 nitrogen and oxygen atoms in total. The van der Waals surface area contributed by atoms with E-state index in [9.17, 15) is 14.0 Å². The van der Waals surface area contributed by atoms with Crippen LogP contribution < -0.4 is 10.6 Å². The van der Waals surface area contributed by atoms with Crippen molar-refractivity contribution in [2.75, 3.05) is 12.4 Å². The number of alkyl halides is 1. The molecule has 2 heterocycles. The molecule has 3 aromatic rings. The number of carbonyl (C=O) groups is 2. The highest BCUT2D eigenvalue weighted by Gasteiger charge is 2.43. The third kappa shape index (κ3) is 3.40. The van der Waals surface area contributed by atoms with Crippen molar-refractivity contribution < 1.29 is 14.0 Å². The average Bonchev–Trinajstić information content (AvgIpc) is 3.26. The van der Waals surface area contributed by atoms with Gasteiger partial charge in [-0.05, 0) is 43.2 Å². The third-order valence-corrected chi connectivity index (χ3v) is 5.42. The van der Waals surface area contributed by atoms with Gasteiger partial charge in [0.15, 0.2) is 5.13 Å². The zero-order chi connectivity index (χ0) is 19.1. The summed E-state index contributed by atoms with van der Waals surface area (Å²) in [4.78, 5) is 33.4. The van der Waals surface area contributed by atoms with Crippen molar-refractivity contribution in [1.29, 1.82) is 0 Å². The van der Waals surface area contributed by atoms with Crippen molar-refractivity contribution in [2.24, 2.45) is 5.92 Å². The minimum absolute atomic E-state index is 0.161. The number of pyridine rings is 1. The summed E-state index contributed by atoms with van der Waals surface area (Å²) < 4.78 is 13.0. The Morgan fingerprint density at radius 3 is 2.70 bits per heavy atom. The Balaban J connectivity index is 1.65. The number of fused-ring (bicyclic) bond motifs is 1. The molecule has 1 aromatic carbocycles. The van der Waals surface area contributed by atoms with E-state index in [-0.39, 0.29) is 18.2 Å². The van der Waals surface area contributed by atoms with Crippen molar-refractivity contribution in [3.05, 3.63) is 41.5 Å². The van der Waals surface area contributed by atoms with Gasteiger partial charge < -0.3 is 10.6 Å². The molecule has 0 aliphatic heterocycles. The maximum atomic E-state index is 13.0. The Hall–Kier alpha value is -2.87. The highest BCUT2D eigenvalue weighted by Crippen LogP contribution is 2.36. The van der Waals surface area contributed by atoms with Crippen molar-refractivity contribution in [3.63, 3.8) is 0 Å². The molecular weight excluding hydrogens is 367 g/mol. The molecular formula is C19H17FN4O2S. The third-order valence-electron chi connectivity index (χ3n) is 4.54. The lowest BCUT2D eigenvalue weighted by Gasteiger charge is -2.08. The molecule has 0 saturated heterocycles. The summed E-state index contributed by atoms with van der Waals surface area (Å²) in [6, 6.07) is 9.12. The molecule has 0 unspecified atom stereocenters. The van der Waals surface area contributed by atoms with Gasteiger partial charge in [0.2, 0.25) is 5.91 Å². The van der Waals surface area contributed by atoms with Gasteiger partial charge in [0.25, 0.3) is 5.91 Å². The Bertz CT molecular complexity index is 1070. The number of benzene rings is 1. The van der Waals surface area contributed by atoms with Crippen molar-refractivity contribution >= 4 is 38.6 Å². The second kappa shape index (κ2) is 6.70. The summed E-state index contributed by atoms with van der Waals surface area (Å²) in [5.41, 5.74) is 3.79. The molecule has 1 aliphatic rings. The van der Waals surface area contributed by atoms with E-state index in [4.69, 9.17) is 0 Å². The van der Waals surface area contributed by atoms with Crippen molar-refractivity contribution in [2.45, 2.75) is 19.5 Å². The minimum Gasteiger partial charge on any atom is -0.355 e. The van der Waals surface area contributed by atoms with E-state index in [0.717, 1.165) is 16.8 Å². The van der Waals surface area contributed by atoms with Crippen molar-refractivity contribution in [3.8, 4) is 11.3 Å². The number of rotatable bonds is 4. The van der Waals surface area contributed by atoms with Crippen LogP contribution in [0.15, 0.2) is 30.3 Å². The SMILES string of the molecule is CNC(=O)c1ccc(C)c(-c2ccc3nc(NC(=O)[C@@H]4C[C@@H]4F)sc3n2)c1. The predicted molar refractivity (Wildman–Crippen MR) is 103 cm³/mol. The largest absolute Gasteiger partial charge is 0.355 e. The zero-order valence-electron chi connectivity index (χ0n) is 14.7. The first-order valence-corrected chi connectivity index (χ1v) is 9.33. The summed E-state index contributed by atoms with van der Waals surface area (Å²) in [6.07, 6.45) is -0.764. The summed E-state index contributed by atoms with van der Waals surface area (Å²) in [5.74, 6) is -1.06. The smallest absolute Gasteiger partial charge is 0.251 e. The van der Waals surface area contributed by atoms with E-state index in [0.29, 0.717) is 21.0 Å². The lowest BCUT2D eigenvalue weighted by atomic mass is 10.0. The fraction of sp³-hybridized carbons (Fsp3) is 0.263. The van der Waals surface area contributed by atoms with Crippen LogP contribution in [0.3, 0.4) is 0 Å². The maximum Gasteiger partial charge on any atom is 0.251 e. The molecule has 0 bridgehead atoms. The van der Waals surface area contributed by atoms with Gasteiger partial charge in [-0.3, -0.25) is 9.59 Å². The number of thiazole rings is 1. The van der Waals surface area contributed by atoms with E-state index in [2.05, 4.69) is 20.6 Å². The summed E-state index contributed by atoms with van der Waals surface area (Å²) in [6.45, 7) is 1.95. The molecule has 1 aliphatic carbocycles. The summed E-state index contributed by atoms with van der Waals surface area (Å²) >= 11 is 1.25. The first-order chi connectivity index (χ1) is 13.0. The molecule has 0 spiro atoms. The Morgan fingerprint density at radius 2 is 2.00 bits per heavy atom. The monoisotopic (exact) mass is 384 g/mol. The quantitative estimate of drug-likeness (QED) is 0.723. The van der Waals surface area contributed by atoms with Gasteiger partial charge in [0.1, 0.15) is 16.5 Å². The number of aryl methyl sites for hydroxylation is 1. The number of amides is 2. The second-order valence-electron chi connectivity index (χ2n) is 6.50. The highest BCUT2D eigenvalue weighted by molar-refractivity contribution is 7.22. The molecule has 138 valence electrons. The zero-order valence-corrected chi connectivity index (χ0v) is 15.6. The number of hydrogen-bond donors (Lipinski definition) is 2. The van der Waals surface area contributed by atoms with Crippen LogP contribution in [0.4, 0.5) is 9.52 Å². The highest BCUT2D eigenvalue weighted by atomic mass is 32.1. The average molecular weight is 384 g/mol. The maximum absolute atomic E-state index is 13.0. The summed E-state index contributed by atoms with van der Waals surface area (Å²) in [5, 5.41) is 5.69. The number of anilines is 1. The molecule has 27 heavy (non-hydrogen) atoms. The van der Waals surface area contributed by atoms with Crippen LogP contribution in [0, 0.1) is 12.8 Å². The van der Waals surface area contributed by atoms with Gasteiger partial charge in [-0.1, -0.05) is 17.4 Å². The number of nitrogens with one attached hydrogen (secondary N) is 2. The van der Waals surface area contributed by atoms with Gasteiger partial charge >= 0.3 is 0 Å². The lowest BCUT2D eigenvalue weighted by Crippen LogP contribution is -2.17. The number of carbonyl (C=O) groups excluding carboxylic acids is 2.